The molecule has 3 nitrogen and oxygen atoms in total. The number of ether oxygens (including phenoxy) is 1. The molecule has 0 radical (unpaired) electrons. The van der Waals surface area contributed by atoms with Crippen molar-refractivity contribution >= 4 is 5.78 Å². The Morgan fingerprint density at radius 3 is 2.20 bits per heavy atom. The summed E-state index contributed by atoms with van der Waals surface area (Å²) in [6.07, 6.45) is 2.78. The van der Waals surface area contributed by atoms with Gasteiger partial charge in [-0.2, -0.15) is 0 Å². The summed E-state index contributed by atoms with van der Waals surface area (Å²) >= 11 is 0. The van der Waals surface area contributed by atoms with Crippen LogP contribution in [0, 0.1) is 0 Å². The number of benzene rings is 1. The lowest BCUT2D eigenvalue weighted by molar-refractivity contribution is -0.120. The Hall–Kier alpha value is -1.77. The van der Waals surface area contributed by atoms with Gasteiger partial charge in [-0.05, 0) is 30.0 Å². The molecule has 1 rings (SSSR count). The maximum absolute atomic E-state index is 11.8. The van der Waals surface area contributed by atoms with E-state index in [4.69, 9.17) is 4.74 Å². The fourth-order valence-corrected chi connectivity index (χ4v) is 1.65. The van der Waals surface area contributed by atoms with Crippen molar-refractivity contribution in [2.45, 2.75) is 39.2 Å². The lowest BCUT2D eigenvalue weighted by atomic mass is 9.87. The molecule has 1 aromatic carbocycles. The SMILES string of the molecule is CC(Oc1ccc(C(C)(C)C)cc1)C(=O)/C=C\N(C)C. The van der Waals surface area contributed by atoms with Gasteiger partial charge in [-0.3, -0.25) is 4.79 Å². The number of carbonyl (C=O) groups is 1. The first kappa shape index (κ1) is 16.3. The highest BCUT2D eigenvalue weighted by atomic mass is 16.5. The van der Waals surface area contributed by atoms with Gasteiger partial charge in [-0.25, -0.2) is 0 Å². The van der Waals surface area contributed by atoms with Crippen molar-refractivity contribution in [3.8, 4) is 5.75 Å². The van der Waals surface area contributed by atoms with Gasteiger partial charge in [0.05, 0.1) is 0 Å². The molecule has 1 atom stereocenters. The second kappa shape index (κ2) is 6.60. The topological polar surface area (TPSA) is 29.5 Å². The monoisotopic (exact) mass is 275 g/mol. The van der Waals surface area contributed by atoms with Gasteiger partial charge in [-0.1, -0.05) is 32.9 Å². The van der Waals surface area contributed by atoms with Crippen molar-refractivity contribution < 1.29 is 9.53 Å². The summed E-state index contributed by atoms with van der Waals surface area (Å²) in [6.45, 7) is 8.27. The maximum atomic E-state index is 11.8. The first-order chi connectivity index (χ1) is 9.20. The molecule has 0 heterocycles. The third-order valence-corrected chi connectivity index (χ3v) is 2.97. The summed E-state index contributed by atoms with van der Waals surface area (Å²) in [4.78, 5) is 13.7. The molecule has 0 bridgehead atoms. The molecular formula is C17H25NO2. The van der Waals surface area contributed by atoms with Gasteiger partial charge in [0.2, 0.25) is 0 Å². The highest BCUT2D eigenvalue weighted by molar-refractivity contribution is 5.93. The molecule has 0 aromatic heterocycles. The number of nitrogens with zero attached hydrogens (tertiary/aromatic N) is 1. The second-order valence-electron chi connectivity index (χ2n) is 6.22. The van der Waals surface area contributed by atoms with Gasteiger partial charge in [0.25, 0.3) is 0 Å². The van der Waals surface area contributed by atoms with Crippen molar-refractivity contribution in [3.05, 3.63) is 42.1 Å². The van der Waals surface area contributed by atoms with Crippen LogP contribution in [-0.4, -0.2) is 30.9 Å². The summed E-state index contributed by atoms with van der Waals surface area (Å²) in [6, 6.07) is 7.92. The molecule has 110 valence electrons. The molecule has 0 aliphatic carbocycles. The standard InChI is InChI=1S/C17H25NO2/c1-13(16(19)11-12-18(5)6)20-15-9-7-14(8-10-15)17(2,3)4/h7-13H,1-6H3/b12-11-. The van der Waals surface area contributed by atoms with E-state index in [2.05, 4.69) is 20.8 Å². The Morgan fingerprint density at radius 2 is 1.75 bits per heavy atom. The van der Waals surface area contributed by atoms with Gasteiger partial charge < -0.3 is 9.64 Å². The minimum atomic E-state index is -0.480. The van der Waals surface area contributed by atoms with Crippen LogP contribution in [0.25, 0.3) is 0 Å². The van der Waals surface area contributed by atoms with Crippen LogP contribution in [-0.2, 0) is 10.2 Å². The molecule has 0 N–H and O–H groups in total. The van der Waals surface area contributed by atoms with Crippen molar-refractivity contribution in [3.63, 3.8) is 0 Å². The fraction of sp³-hybridized carbons (Fsp3) is 0.471. The van der Waals surface area contributed by atoms with Gasteiger partial charge in [0, 0.05) is 26.4 Å². The zero-order chi connectivity index (χ0) is 15.3. The average molecular weight is 275 g/mol. The van der Waals surface area contributed by atoms with E-state index >= 15 is 0 Å². The van der Waals surface area contributed by atoms with Crippen LogP contribution in [0.5, 0.6) is 5.75 Å². The summed E-state index contributed by atoms with van der Waals surface area (Å²) in [5.74, 6) is 0.677. The fourth-order valence-electron chi connectivity index (χ4n) is 1.65. The van der Waals surface area contributed by atoms with Crippen LogP contribution in [0.3, 0.4) is 0 Å². The number of rotatable bonds is 5. The highest BCUT2D eigenvalue weighted by Gasteiger charge is 2.15. The third kappa shape index (κ3) is 5.08. The number of hydrogen-bond donors (Lipinski definition) is 0. The van der Waals surface area contributed by atoms with Crippen LogP contribution in [0.15, 0.2) is 36.5 Å². The van der Waals surface area contributed by atoms with E-state index in [1.807, 2.05) is 43.3 Å². The Balaban J connectivity index is 2.67. The van der Waals surface area contributed by atoms with Gasteiger partial charge >= 0.3 is 0 Å². The molecule has 0 saturated carbocycles. The van der Waals surface area contributed by atoms with Gasteiger partial charge in [0.1, 0.15) is 5.75 Å². The average Bonchev–Trinajstić information content (AvgIpc) is 2.35. The molecule has 20 heavy (non-hydrogen) atoms. The smallest absolute Gasteiger partial charge is 0.197 e. The van der Waals surface area contributed by atoms with E-state index in [1.165, 1.54) is 11.6 Å². The summed E-state index contributed by atoms with van der Waals surface area (Å²) in [5, 5.41) is 0. The van der Waals surface area contributed by atoms with Crippen LogP contribution in [0.2, 0.25) is 0 Å². The molecule has 0 amide bonds. The minimum absolute atomic E-state index is 0.0430. The quantitative estimate of drug-likeness (QED) is 0.771. The minimum Gasteiger partial charge on any atom is -0.483 e. The summed E-state index contributed by atoms with van der Waals surface area (Å²) in [5.41, 5.74) is 1.37. The van der Waals surface area contributed by atoms with Crippen molar-refractivity contribution in [2.24, 2.45) is 0 Å². The first-order valence-electron chi connectivity index (χ1n) is 6.86. The lowest BCUT2D eigenvalue weighted by Crippen LogP contribution is -2.22. The Kier molecular flexibility index (Phi) is 5.37. The number of ketones is 1. The first-order valence-corrected chi connectivity index (χ1v) is 6.86. The lowest BCUT2D eigenvalue weighted by Gasteiger charge is -2.19. The molecule has 1 aromatic rings. The van der Waals surface area contributed by atoms with Crippen LogP contribution >= 0.6 is 0 Å². The molecule has 0 saturated heterocycles. The summed E-state index contributed by atoms with van der Waals surface area (Å²) < 4.78 is 5.66. The van der Waals surface area contributed by atoms with Crippen LogP contribution < -0.4 is 4.74 Å². The molecule has 0 aliphatic heterocycles. The van der Waals surface area contributed by atoms with E-state index in [-0.39, 0.29) is 11.2 Å². The zero-order valence-corrected chi connectivity index (χ0v) is 13.3. The van der Waals surface area contributed by atoms with Crippen LogP contribution in [0.1, 0.15) is 33.3 Å². The largest absolute Gasteiger partial charge is 0.483 e. The van der Waals surface area contributed by atoms with Crippen molar-refractivity contribution in [2.75, 3.05) is 14.1 Å². The molecule has 0 aliphatic rings. The van der Waals surface area contributed by atoms with Gasteiger partial charge in [0.15, 0.2) is 11.9 Å². The normalized spacial score (nSPS) is 13.3. The van der Waals surface area contributed by atoms with Crippen LogP contribution in [0.4, 0.5) is 0 Å². The third-order valence-electron chi connectivity index (χ3n) is 2.97. The van der Waals surface area contributed by atoms with E-state index in [0.29, 0.717) is 0 Å². The second-order valence-corrected chi connectivity index (χ2v) is 6.22. The highest BCUT2D eigenvalue weighted by Crippen LogP contribution is 2.24. The van der Waals surface area contributed by atoms with E-state index < -0.39 is 6.10 Å². The Morgan fingerprint density at radius 1 is 1.20 bits per heavy atom. The van der Waals surface area contributed by atoms with E-state index in [0.717, 1.165) is 5.75 Å². The molecule has 1 unspecified atom stereocenters. The van der Waals surface area contributed by atoms with Gasteiger partial charge in [-0.15, -0.1) is 0 Å². The molecule has 3 heteroatoms. The number of hydrogen-bond acceptors (Lipinski definition) is 3. The zero-order valence-electron chi connectivity index (χ0n) is 13.3. The number of carbonyl (C=O) groups excluding carboxylic acids is 1. The predicted molar refractivity (Wildman–Crippen MR) is 83.1 cm³/mol. The van der Waals surface area contributed by atoms with Crippen molar-refractivity contribution in [1.82, 2.24) is 4.90 Å². The molecule has 0 spiro atoms. The molecule has 0 fully saturated rings. The molecular weight excluding hydrogens is 250 g/mol. The summed E-state index contributed by atoms with van der Waals surface area (Å²) in [7, 11) is 3.75. The van der Waals surface area contributed by atoms with E-state index in [1.54, 1.807) is 13.1 Å². The Labute approximate surface area is 122 Å². The Bertz CT molecular complexity index is 467. The van der Waals surface area contributed by atoms with E-state index in [9.17, 15) is 4.79 Å². The maximum Gasteiger partial charge on any atom is 0.197 e. The van der Waals surface area contributed by atoms with Crippen molar-refractivity contribution in [1.29, 1.82) is 0 Å². The predicted octanol–water partition coefficient (Wildman–Crippen LogP) is 3.40.